The van der Waals surface area contributed by atoms with Gasteiger partial charge in [-0.05, 0) is 19.8 Å². The SMILES string of the molecule is CC(CCCC(=O)O)Nc1ncns1. The van der Waals surface area contributed by atoms with Crippen LogP contribution in [0.15, 0.2) is 6.33 Å². The average Bonchev–Trinajstić information content (AvgIpc) is 2.56. The molecule has 0 fully saturated rings. The average molecular weight is 215 g/mol. The molecule has 0 bridgehead atoms. The molecule has 0 aliphatic heterocycles. The van der Waals surface area contributed by atoms with Gasteiger partial charge in [-0.3, -0.25) is 4.79 Å². The minimum absolute atomic E-state index is 0.224. The normalized spacial score (nSPS) is 12.4. The first-order valence-electron chi connectivity index (χ1n) is 4.43. The largest absolute Gasteiger partial charge is 0.481 e. The monoisotopic (exact) mass is 215 g/mol. The molecule has 0 amide bonds. The van der Waals surface area contributed by atoms with Crippen LogP contribution in [0.4, 0.5) is 5.13 Å². The second kappa shape index (κ2) is 5.54. The fourth-order valence-corrected chi connectivity index (χ4v) is 1.62. The zero-order valence-corrected chi connectivity index (χ0v) is 8.75. The summed E-state index contributed by atoms with van der Waals surface area (Å²) in [5.41, 5.74) is 0. The van der Waals surface area contributed by atoms with Crippen LogP contribution >= 0.6 is 11.5 Å². The molecule has 0 aromatic carbocycles. The summed E-state index contributed by atoms with van der Waals surface area (Å²) in [7, 11) is 0. The van der Waals surface area contributed by atoms with E-state index in [1.165, 1.54) is 17.9 Å². The Morgan fingerprint density at radius 1 is 1.79 bits per heavy atom. The summed E-state index contributed by atoms with van der Waals surface area (Å²) in [4.78, 5) is 14.2. The summed E-state index contributed by atoms with van der Waals surface area (Å²) in [6.07, 6.45) is 3.23. The van der Waals surface area contributed by atoms with Crippen molar-refractivity contribution in [2.75, 3.05) is 5.32 Å². The smallest absolute Gasteiger partial charge is 0.303 e. The van der Waals surface area contributed by atoms with Crippen LogP contribution in [0.25, 0.3) is 0 Å². The number of rotatable bonds is 6. The lowest BCUT2D eigenvalue weighted by Gasteiger charge is -2.10. The van der Waals surface area contributed by atoms with Gasteiger partial charge in [0.15, 0.2) is 0 Å². The van der Waals surface area contributed by atoms with E-state index in [2.05, 4.69) is 14.7 Å². The summed E-state index contributed by atoms with van der Waals surface area (Å²) in [6, 6.07) is 0.238. The summed E-state index contributed by atoms with van der Waals surface area (Å²) in [5, 5.41) is 12.4. The molecule has 0 aliphatic carbocycles. The van der Waals surface area contributed by atoms with Gasteiger partial charge in [0.25, 0.3) is 0 Å². The number of aromatic nitrogens is 2. The predicted molar refractivity (Wildman–Crippen MR) is 54.5 cm³/mol. The Morgan fingerprint density at radius 3 is 3.14 bits per heavy atom. The number of anilines is 1. The van der Waals surface area contributed by atoms with Crippen LogP contribution in [-0.4, -0.2) is 26.5 Å². The highest BCUT2D eigenvalue weighted by Gasteiger charge is 2.05. The van der Waals surface area contributed by atoms with Gasteiger partial charge in [0.05, 0.1) is 0 Å². The van der Waals surface area contributed by atoms with Crippen LogP contribution < -0.4 is 5.32 Å². The molecule has 0 aliphatic rings. The van der Waals surface area contributed by atoms with Crippen LogP contribution in [0.2, 0.25) is 0 Å². The third-order valence-electron chi connectivity index (χ3n) is 1.76. The third kappa shape index (κ3) is 4.18. The zero-order chi connectivity index (χ0) is 10.4. The maximum absolute atomic E-state index is 10.3. The van der Waals surface area contributed by atoms with E-state index in [-0.39, 0.29) is 12.5 Å². The minimum Gasteiger partial charge on any atom is -0.481 e. The fraction of sp³-hybridized carbons (Fsp3) is 0.625. The van der Waals surface area contributed by atoms with Crippen LogP contribution in [0.1, 0.15) is 26.2 Å². The first-order chi connectivity index (χ1) is 6.68. The number of carbonyl (C=O) groups is 1. The van der Waals surface area contributed by atoms with Crippen LogP contribution in [0, 0.1) is 0 Å². The Labute approximate surface area is 86.3 Å². The molecule has 0 spiro atoms. The van der Waals surface area contributed by atoms with E-state index in [0.717, 1.165) is 11.6 Å². The van der Waals surface area contributed by atoms with Crippen molar-refractivity contribution < 1.29 is 9.90 Å². The van der Waals surface area contributed by atoms with E-state index in [9.17, 15) is 4.79 Å². The highest BCUT2D eigenvalue weighted by molar-refractivity contribution is 7.09. The van der Waals surface area contributed by atoms with Gasteiger partial charge >= 0.3 is 5.97 Å². The number of carboxylic acid groups (broad SMARTS) is 1. The zero-order valence-electron chi connectivity index (χ0n) is 7.93. The summed E-state index contributed by atoms with van der Waals surface area (Å²) in [6.45, 7) is 2.00. The molecule has 14 heavy (non-hydrogen) atoms. The number of aliphatic carboxylic acids is 1. The van der Waals surface area contributed by atoms with Gasteiger partial charge in [-0.1, -0.05) is 0 Å². The molecular formula is C8H13N3O2S. The number of nitrogens with zero attached hydrogens (tertiary/aromatic N) is 2. The number of nitrogens with one attached hydrogen (secondary N) is 1. The lowest BCUT2D eigenvalue weighted by Crippen LogP contribution is -2.15. The quantitative estimate of drug-likeness (QED) is 0.753. The number of hydrogen-bond acceptors (Lipinski definition) is 5. The molecule has 0 saturated heterocycles. The Morgan fingerprint density at radius 2 is 2.57 bits per heavy atom. The maximum atomic E-state index is 10.3. The lowest BCUT2D eigenvalue weighted by molar-refractivity contribution is -0.137. The molecule has 0 saturated carbocycles. The molecule has 2 N–H and O–H groups in total. The standard InChI is InChI=1S/C8H13N3O2S/c1-6(3-2-4-7(12)13)11-8-9-5-10-14-8/h5-6H,2-4H2,1H3,(H,12,13)(H,9,10,11). The molecule has 1 unspecified atom stereocenters. The van der Waals surface area contributed by atoms with Crippen molar-refractivity contribution >= 4 is 22.6 Å². The van der Waals surface area contributed by atoms with Gasteiger partial charge < -0.3 is 10.4 Å². The second-order valence-electron chi connectivity index (χ2n) is 3.08. The molecule has 1 heterocycles. The van der Waals surface area contributed by atoms with E-state index in [4.69, 9.17) is 5.11 Å². The Balaban J connectivity index is 2.16. The summed E-state index contributed by atoms with van der Waals surface area (Å²) >= 11 is 1.30. The van der Waals surface area contributed by atoms with E-state index in [1.807, 2.05) is 6.92 Å². The van der Waals surface area contributed by atoms with E-state index in [0.29, 0.717) is 6.42 Å². The minimum atomic E-state index is -0.742. The van der Waals surface area contributed by atoms with Crippen molar-refractivity contribution in [3.05, 3.63) is 6.33 Å². The molecule has 6 heteroatoms. The predicted octanol–water partition coefficient (Wildman–Crippen LogP) is 1.59. The Bertz CT molecular complexity index is 276. The van der Waals surface area contributed by atoms with Crippen LogP contribution in [-0.2, 0) is 4.79 Å². The van der Waals surface area contributed by atoms with E-state index in [1.54, 1.807) is 0 Å². The lowest BCUT2D eigenvalue weighted by atomic mass is 10.1. The number of carboxylic acids is 1. The summed E-state index contributed by atoms with van der Waals surface area (Å²) in [5.74, 6) is -0.742. The maximum Gasteiger partial charge on any atom is 0.303 e. The van der Waals surface area contributed by atoms with Crippen LogP contribution in [0.5, 0.6) is 0 Å². The van der Waals surface area contributed by atoms with E-state index < -0.39 is 5.97 Å². The Hall–Kier alpha value is -1.17. The molecule has 1 rings (SSSR count). The van der Waals surface area contributed by atoms with Crippen LogP contribution in [0.3, 0.4) is 0 Å². The van der Waals surface area contributed by atoms with Gasteiger partial charge in [-0.2, -0.15) is 4.37 Å². The van der Waals surface area contributed by atoms with Gasteiger partial charge in [0, 0.05) is 24.0 Å². The van der Waals surface area contributed by atoms with Gasteiger partial charge in [0.1, 0.15) is 6.33 Å². The van der Waals surface area contributed by atoms with Gasteiger partial charge in [-0.25, -0.2) is 4.98 Å². The second-order valence-corrected chi connectivity index (χ2v) is 3.86. The molecule has 0 radical (unpaired) electrons. The van der Waals surface area contributed by atoms with Crippen molar-refractivity contribution in [1.29, 1.82) is 0 Å². The number of hydrogen-bond donors (Lipinski definition) is 2. The molecule has 5 nitrogen and oxygen atoms in total. The Kier molecular flexibility index (Phi) is 4.31. The van der Waals surface area contributed by atoms with Gasteiger partial charge in [-0.15, -0.1) is 0 Å². The first-order valence-corrected chi connectivity index (χ1v) is 5.21. The fourth-order valence-electron chi connectivity index (χ4n) is 1.08. The van der Waals surface area contributed by atoms with Crippen molar-refractivity contribution in [2.24, 2.45) is 0 Å². The topological polar surface area (TPSA) is 75.1 Å². The molecule has 1 atom stereocenters. The molecule has 1 aromatic heterocycles. The van der Waals surface area contributed by atoms with Crippen molar-refractivity contribution in [1.82, 2.24) is 9.36 Å². The van der Waals surface area contributed by atoms with Gasteiger partial charge in [0.2, 0.25) is 5.13 Å². The molecular weight excluding hydrogens is 202 g/mol. The highest BCUT2D eigenvalue weighted by Crippen LogP contribution is 2.11. The highest BCUT2D eigenvalue weighted by atomic mass is 32.1. The molecule has 1 aromatic rings. The third-order valence-corrected chi connectivity index (χ3v) is 2.35. The molecule has 78 valence electrons. The van der Waals surface area contributed by atoms with Crippen molar-refractivity contribution in [3.63, 3.8) is 0 Å². The van der Waals surface area contributed by atoms with Crippen molar-refractivity contribution in [3.8, 4) is 0 Å². The van der Waals surface area contributed by atoms with E-state index >= 15 is 0 Å². The summed E-state index contributed by atoms with van der Waals surface area (Å²) < 4.78 is 3.86. The first kappa shape index (κ1) is 10.9. The van der Waals surface area contributed by atoms with Crippen molar-refractivity contribution in [2.45, 2.75) is 32.2 Å².